The van der Waals surface area contributed by atoms with E-state index in [-0.39, 0.29) is 11.9 Å². The van der Waals surface area contributed by atoms with Crippen molar-refractivity contribution in [1.82, 2.24) is 15.2 Å². The van der Waals surface area contributed by atoms with E-state index in [1.165, 1.54) is 27.3 Å². The third-order valence-corrected chi connectivity index (χ3v) is 9.70. The van der Waals surface area contributed by atoms with Crippen LogP contribution in [0.1, 0.15) is 45.8 Å². The number of pyridine rings is 1. The van der Waals surface area contributed by atoms with Gasteiger partial charge in [0, 0.05) is 45.0 Å². The molecule has 1 aliphatic carbocycles. The highest BCUT2D eigenvalue weighted by Crippen LogP contribution is 2.38. The van der Waals surface area contributed by atoms with Crippen molar-refractivity contribution < 1.29 is 4.79 Å². The summed E-state index contributed by atoms with van der Waals surface area (Å²) in [5.41, 5.74) is 3.53. The second-order valence-corrected chi connectivity index (χ2v) is 11.3. The molecule has 4 aromatic rings. The molecule has 0 radical (unpaired) electrons. The van der Waals surface area contributed by atoms with Crippen molar-refractivity contribution >= 4 is 50.3 Å². The topological polar surface area (TPSA) is 45.2 Å². The summed E-state index contributed by atoms with van der Waals surface area (Å²) in [6, 6.07) is 12.8. The molecular weight excluding hydrogens is 482 g/mol. The maximum absolute atomic E-state index is 14.0. The van der Waals surface area contributed by atoms with Gasteiger partial charge in [-0.05, 0) is 68.3 Å². The predicted molar refractivity (Wildman–Crippen MR) is 144 cm³/mol. The Kier molecular flexibility index (Phi) is 7.02. The van der Waals surface area contributed by atoms with E-state index in [1.54, 1.807) is 17.5 Å². The van der Waals surface area contributed by atoms with Gasteiger partial charge in [-0.15, -0.1) is 22.7 Å². The molecule has 0 aliphatic heterocycles. The maximum Gasteiger partial charge on any atom is 0.266 e. The number of hydrogen-bond acceptors (Lipinski definition) is 5. The molecule has 1 amide bonds. The largest absolute Gasteiger partial charge is 0.330 e. The van der Waals surface area contributed by atoms with Crippen LogP contribution in [0.25, 0.3) is 21.2 Å². The second-order valence-electron chi connectivity index (χ2n) is 8.91. The normalized spacial score (nSPS) is 18.3. The van der Waals surface area contributed by atoms with Crippen LogP contribution >= 0.6 is 34.3 Å². The van der Waals surface area contributed by atoms with E-state index in [4.69, 9.17) is 11.6 Å². The van der Waals surface area contributed by atoms with Gasteiger partial charge in [0.2, 0.25) is 0 Å². The van der Waals surface area contributed by atoms with Crippen molar-refractivity contribution in [2.45, 2.75) is 51.2 Å². The van der Waals surface area contributed by atoms with Crippen LogP contribution in [0.15, 0.2) is 54.2 Å². The Morgan fingerprint density at radius 3 is 2.68 bits per heavy atom. The highest BCUT2D eigenvalue weighted by atomic mass is 35.5. The molecule has 0 saturated heterocycles. The summed E-state index contributed by atoms with van der Waals surface area (Å²) in [7, 11) is 2.03. The summed E-state index contributed by atoms with van der Waals surface area (Å²) < 4.78 is 1.06. The van der Waals surface area contributed by atoms with Gasteiger partial charge in [-0.2, -0.15) is 0 Å². The second kappa shape index (κ2) is 10.2. The lowest BCUT2D eigenvalue weighted by Crippen LogP contribution is -2.44. The highest BCUT2D eigenvalue weighted by Gasteiger charge is 2.32. The molecule has 0 bridgehead atoms. The number of halogens is 1. The molecule has 1 saturated carbocycles. The van der Waals surface area contributed by atoms with Crippen molar-refractivity contribution in [2.24, 2.45) is 0 Å². The zero-order valence-corrected chi connectivity index (χ0v) is 21.8. The third kappa shape index (κ3) is 4.52. The quantitative estimate of drug-likeness (QED) is 0.300. The molecule has 34 heavy (non-hydrogen) atoms. The number of amides is 1. The maximum atomic E-state index is 14.0. The van der Waals surface area contributed by atoms with Crippen LogP contribution in [-0.2, 0) is 6.54 Å². The van der Waals surface area contributed by atoms with Crippen molar-refractivity contribution in [3.05, 3.63) is 74.5 Å². The molecule has 4 nitrogen and oxygen atoms in total. The molecule has 1 fully saturated rings. The monoisotopic (exact) mass is 509 g/mol. The van der Waals surface area contributed by atoms with Crippen LogP contribution in [0.5, 0.6) is 0 Å². The molecule has 176 valence electrons. The lowest BCUT2D eigenvalue weighted by molar-refractivity contribution is 0.0609. The summed E-state index contributed by atoms with van der Waals surface area (Å²) in [5, 5.41) is 7.14. The van der Waals surface area contributed by atoms with E-state index < -0.39 is 0 Å². The van der Waals surface area contributed by atoms with Crippen LogP contribution in [0.4, 0.5) is 0 Å². The van der Waals surface area contributed by atoms with E-state index in [0.29, 0.717) is 22.5 Å². The van der Waals surface area contributed by atoms with Crippen molar-refractivity contribution in [3.63, 3.8) is 0 Å². The summed E-state index contributed by atoms with van der Waals surface area (Å²) >= 11 is 9.98. The fourth-order valence-electron chi connectivity index (χ4n) is 4.90. The Bertz CT molecular complexity index is 1290. The molecule has 3 aromatic heterocycles. The molecule has 5 rings (SSSR count). The number of rotatable bonds is 6. The van der Waals surface area contributed by atoms with Gasteiger partial charge in [-0.25, -0.2) is 0 Å². The third-order valence-electron chi connectivity index (χ3n) is 6.96. The van der Waals surface area contributed by atoms with Crippen LogP contribution < -0.4 is 5.32 Å². The van der Waals surface area contributed by atoms with Gasteiger partial charge < -0.3 is 10.2 Å². The number of hydrogen-bond donors (Lipinski definition) is 1. The highest BCUT2D eigenvalue weighted by molar-refractivity contribution is 7.21. The SMILES string of the molecule is CNC1CCC(N(Cc2scc(-c3cccnc3)c2C)C(=O)c2sc3ccccc3c2Cl)CC1. The molecule has 7 heteroatoms. The van der Waals surface area contributed by atoms with Crippen molar-refractivity contribution in [1.29, 1.82) is 0 Å². The summed E-state index contributed by atoms with van der Waals surface area (Å²) in [4.78, 5) is 22.3. The Labute approximate surface area is 213 Å². The number of nitrogens with zero attached hydrogens (tertiary/aromatic N) is 2. The Morgan fingerprint density at radius 2 is 1.97 bits per heavy atom. The van der Waals surface area contributed by atoms with E-state index in [0.717, 1.165) is 41.3 Å². The van der Waals surface area contributed by atoms with E-state index in [9.17, 15) is 4.79 Å². The first-order chi connectivity index (χ1) is 16.6. The average Bonchev–Trinajstić information content (AvgIpc) is 3.42. The smallest absolute Gasteiger partial charge is 0.266 e. The molecule has 1 aromatic carbocycles. The zero-order valence-electron chi connectivity index (χ0n) is 19.4. The molecule has 0 atom stereocenters. The number of carbonyl (C=O) groups is 1. The molecule has 0 unspecified atom stereocenters. The lowest BCUT2D eigenvalue weighted by atomic mass is 9.90. The molecule has 1 aliphatic rings. The first-order valence-corrected chi connectivity index (χ1v) is 13.8. The van der Waals surface area contributed by atoms with Crippen LogP contribution in [0, 0.1) is 6.92 Å². The van der Waals surface area contributed by atoms with Crippen LogP contribution in [0.2, 0.25) is 5.02 Å². The molecular formula is C27H28ClN3OS2. The Hall–Kier alpha value is -2.25. The van der Waals surface area contributed by atoms with Gasteiger partial charge in [-0.1, -0.05) is 35.9 Å². The van der Waals surface area contributed by atoms with Gasteiger partial charge in [0.05, 0.1) is 11.6 Å². The zero-order chi connectivity index (χ0) is 23.7. The van der Waals surface area contributed by atoms with Crippen LogP contribution in [-0.4, -0.2) is 34.9 Å². The fourth-order valence-corrected chi connectivity index (χ4v) is 7.44. The number of aromatic nitrogens is 1. The lowest BCUT2D eigenvalue weighted by Gasteiger charge is -2.37. The fraction of sp³-hybridized carbons (Fsp3) is 0.333. The van der Waals surface area contributed by atoms with E-state index in [1.807, 2.05) is 43.6 Å². The van der Waals surface area contributed by atoms with E-state index in [2.05, 4.69) is 33.6 Å². The van der Waals surface area contributed by atoms with Crippen molar-refractivity contribution in [3.8, 4) is 11.1 Å². The first-order valence-electron chi connectivity index (χ1n) is 11.7. The summed E-state index contributed by atoms with van der Waals surface area (Å²) in [6.45, 7) is 2.76. The standard InChI is InChI=1S/C27H28ClN3OS2/c1-17-22(18-6-5-13-30-14-18)16-33-24(17)15-31(20-11-9-19(29-2)10-12-20)27(32)26-25(28)21-7-3-4-8-23(21)34-26/h3-8,13-14,16,19-20,29H,9-12,15H2,1-2H3. The van der Waals surface area contributed by atoms with Gasteiger partial charge in [-0.3, -0.25) is 9.78 Å². The minimum absolute atomic E-state index is 0.0508. The first kappa shape index (κ1) is 23.5. The Morgan fingerprint density at radius 1 is 1.18 bits per heavy atom. The van der Waals surface area contributed by atoms with Gasteiger partial charge in [0.15, 0.2) is 0 Å². The molecule has 0 spiro atoms. The summed E-state index contributed by atoms with van der Waals surface area (Å²) in [5.74, 6) is 0.0508. The number of benzene rings is 1. The van der Waals surface area contributed by atoms with Gasteiger partial charge >= 0.3 is 0 Å². The number of fused-ring (bicyclic) bond motifs is 1. The molecule has 1 N–H and O–H groups in total. The number of carbonyl (C=O) groups excluding carboxylic acids is 1. The van der Waals surface area contributed by atoms with Crippen molar-refractivity contribution in [2.75, 3.05) is 7.05 Å². The van der Waals surface area contributed by atoms with Gasteiger partial charge in [0.1, 0.15) is 4.88 Å². The number of thiophene rings is 2. The molecule has 3 heterocycles. The summed E-state index contributed by atoms with van der Waals surface area (Å²) in [6.07, 6.45) is 7.85. The van der Waals surface area contributed by atoms with Crippen LogP contribution in [0.3, 0.4) is 0 Å². The predicted octanol–water partition coefficient (Wildman–Crippen LogP) is 7.16. The number of nitrogens with one attached hydrogen (secondary N) is 1. The minimum atomic E-state index is 0.0508. The average molecular weight is 510 g/mol. The Balaban J connectivity index is 1.48. The van der Waals surface area contributed by atoms with E-state index >= 15 is 0 Å². The van der Waals surface area contributed by atoms with Gasteiger partial charge in [0.25, 0.3) is 5.91 Å². The minimum Gasteiger partial charge on any atom is -0.330 e.